The standard InChI is InChI=1S/C16H23N3O3/c1-3-4-13(2)16(20)18-11-9-17(10-12-18)14-5-7-15(8-6-14)19(21)22/h5-8,13H,3-4,9-12H2,1-2H3. The summed E-state index contributed by atoms with van der Waals surface area (Å²) in [6.45, 7) is 7.05. The molecule has 0 N–H and O–H groups in total. The van der Waals surface area contributed by atoms with Gasteiger partial charge in [0.2, 0.25) is 5.91 Å². The van der Waals surface area contributed by atoms with E-state index in [1.54, 1.807) is 12.1 Å². The number of nitrogens with zero attached hydrogens (tertiary/aromatic N) is 3. The van der Waals surface area contributed by atoms with Gasteiger partial charge in [-0.2, -0.15) is 0 Å². The van der Waals surface area contributed by atoms with Crippen LogP contribution in [0, 0.1) is 16.0 Å². The molecule has 1 fully saturated rings. The molecule has 6 heteroatoms. The van der Waals surface area contributed by atoms with E-state index in [0.29, 0.717) is 13.1 Å². The molecule has 0 aliphatic carbocycles. The lowest BCUT2D eigenvalue weighted by atomic mass is 10.0. The second-order valence-electron chi connectivity index (χ2n) is 5.78. The van der Waals surface area contributed by atoms with E-state index in [-0.39, 0.29) is 17.5 Å². The van der Waals surface area contributed by atoms with Crippen molar-refractivity contribution in [1.82, 2.24) is 4.90 Å². The number of rotatable bonds is 5. The first-order valence-electron chi connectivity index (χ1n) is 7.81. The van der Waals surface area contributed by atoms with Crippen molar-refractivity contribution in [2.24, 2.45) is 5.92 Å². The van der Waals surface area contributed by atoms with Crippen LogP contribution < -0.4 is 4.90 Å². The Morgan fingerprint density at radius 2 is 1.82 bits per heavy atom. The molecule has 1 heterocycles. The molecule has 0 aromatic heterocycles. The monoisotopic (exact) mass is 305 g/mol. The van der Waals surface area contributed by atoms with Crippen molar-refractivity contribution in [3.8, 4) is 0 Å². The van der Waals surface area contributed by atoms with Gasteiger partial charge in [-0.25, -0.2) is 0 Å². The van der Waals surface area contributed by atoms with Crippen LogP contribution in [0.15, 0.2) is 24.3 Å². The zero-order chi connectivity index (χ0) is 16.1. The van der Waals surface area contributed by atoms with Crippen LogP contribution in [0.5, 0.6) is 0 Å². The van der Waals surface area contributed by atoms with Crippen molar-refractivity contribution in [2.45, 2.75) is 26.7 Å². The smallest absolute Gasteiger partial charge is 0.269 e. The lowest BCUT2D eigenvalue weighted by molar-refractivity contribution is -0.384. The number of carbonyl (C=O) groups excluding carboxylic acids is 1. The van der Waals surface area contributed by atoms with E-state index in [1.165, 1.54) is 12.1 Å². The number of carbonyl (C=O) groups is 1. The van der Waals surface area contributed by atoms with Gasteiger partial charge in [0.15, 0.2) is 0 Å². The summed E-state index contributed by atoms with van der Waals surface area (Å²) in [5, 5.41) is 10.7. The van der Waals surface area contributed by atoms with Gasteiger partial charge in [-0.05, 0) is 18.6 Å². The molecule has 0 radical (unpaired) electrons. The fraction of sp³-hybridized carbons (Fsp3) is 0.562. The van der Waals surface area contributed by atoms with Gasteiger partial charge < -0.3 is 9.80 Å². The molecule has 1 atom stereocenters. The molecule has 1 aliphatic heterocycles. The zero-order valence-corrected chi connectivity index (χ0v) is 13.2. The van der Waals surface area contributed by atoms with E-state index in [9.17, 15) is 14.9 Å². The van der Waals surface area contributed by atoms with Crippen LogP contribution in [-0.2, 0) is 4.79 Å². The molecule has 22 heavy (non-hydrogen) atoms. The van der Waals surface area contributed by atoms with Gasteiger partial charge in [0, 0.05) is 49.9 Å². The highest BCUT2D eigenvalue weighted by Gasteiger charge is 2.24. The third-order valence-electron chi connectivity index (χ3n) is 4.16. The molecular formula is C16H23N3O3. The van der Waals surface area contributed by atoms with Gasteiger partial charge in [-0.15, -0.1) is 0 Å². The minimum absolute atomic E-state index is 0.0934. The Hall–Kier alpha value is -2.11. The van der Waals surface area contributed by atoms with Crippen LogP contribution in [0.2, 0.25) is 0 Å². The molecule has 1 aliphatic rings. The topological polar surface area (TPSA) is 66.7 Å². The molecule has 1 unspecified atom stereocenters. The molecule has 120 valence electrons. The van der Waals surface area contributed by atoms with Gasteiger partial charge in [0.25, 0.3) is 5.69 Å². The Labute approximate surface area is 130 Å². The van der Waals surface area contributed by atoms with Crippen molar-refractivity contribution in [3.63, 3.8) is 0 Å². The number of piperazine rings is 1. The van der Waals surface area contributed by atoms with E-state index in [4.69, 9.17) is 0 Å². The van der Waals surface area contributed by atoms with Gasteiger partial charge >= 0.3 is 0 Å². The fourth-order valence-corrected chi connectivity index (χ4v) is 2.84. The highest BCUT2D eigenvalue weighted by Crippen LogP contribution is 2.21. The second kappa shape index (κ2) is 7.24. The molecule has 0 bridgehead atoms. The summed E-state index contributed by atoms with van der Waals surface area (Å²) in [4.78, 5) is 26.7. The van der Waals surface area contributed by atoms with Gasteiger partial charge in [-0.3, -0.25) is 14.9 Å². The van der Waals surface area contributed by atoms with Gasteiger partial charge in [0.1, 0.15) is 0 Å². The third-order valence-corrected chi connectivity index (χ3v) is 4.16. The van der Waals surface area contributed by atoms with Crippen LogP contribution in [0.1, 0.15) is 26.7 Å². The Kier molecular flexibility index (Phi) is 5.35. The van der Waals surface area contributed by atoms with Crippen LogP contribution in [0.4, 0.5) is 11.4 Å². The number of hydrogen-bond donors (Lipinski definition) is 0. The Balaban J connectivity index is 1.91. The van der Waals surface area contributed by atoms with Crippen LogP contribution in [0.25, 0.3) is 0 Å². The lowest BCUT2D eigenvalue weighted by Gasteiger charge is -2.37. The summed E-state index contributed by atoms with van der Waals surface area (Å²) in [6.07, 6.45) is 1.96. The molecule has 1 aromatic rings. The SMILES string of the molecule is CCCC(C)C(=O)N1CCN(c2ccc([N+](=O)[O-])cc2)CC1. The van der Waals surface area contributed by atoms with Crippen molar-refractivity contribution in [3.05, 3.63) is 34.4 Å². The summed E-state index contributed by atoms with van der Waals surface area (Å²) < 4.78 is 0. The van der Waals surface area contributed by atoms with E-state index in [2.05, 4.69) is 11.8 Å². The number of nitro benzene ring substituents is 1. The zero-order valence-electron chi connectivity index (χ0n) is 13.2. The normalized spacial score (nSPS) is 16.5. The van der Waals surface area contributed by atoms with Crippen LogP contribution in [0.3, 0.4) is 0 Å². The fourth-order valence-electron chi connectivity index (χ4n) is 2.84. The average Bonchev–Trinajstić information content (AvgIpc) is 2.54. The number of non-ortho nitro benzene ring substituents is 1. The first-order valence-corrected chi connectivity index (χ1v) is 7.81. The van der Waals surface area contributed by atoms with Crippen LogP contribution in [-0.4, -0.2) is 41.9 Å². The summed E-state index contributed by atoms with van der Waals surface area (Å²) in [5.74, 6) is 0.334. The van der Waals surface area contributed by atoms with Crippen molar-refractivity contribution in [1.29, 1.82) is 0 Å². The third kappa shape index (κ3) is 3.75. The average molecular weight is 305 g/mol. The molecule has 1 amide bonds. The maximum Gasteiger partial charge on any atom is 0.269 e. The quantitative estimate of drug-likeness (QED) is 0.619. The van der Waals surface area contributed by atoms with E-state index < -0.39 is 4.92 Å². The van der Waals surface area contributed by atoms with Crippen molar-refractivity contribution < 1.29 is 9.72 Å². The Bertz CT molecular complexity index is 522. The molecule has 0 saturated carbocycles. The number of anilines is 1. The second-order valence-corrected chi connectivity index (χ2v) is 5.78. The minimum atomic E-state index is -0.393. The number of hydrogen-bond acceptors (Lipinski definition) is 4. The molecule has 1 saturated heterocycles. The molecule has 2 rings (SSSR count). The van der Waals surface area contributed by atoms with Crippen LogP contribution >= 0.6 is 0 Å². The predicted molar refractivity (Wildman–Crippen MR) is 86.0 cm³/mol. The highest BCUT2D eigenvalue weighted by molar-refractivity contribution is 5.78. The van der Waals surface area contributed by atoms with E-state index in [1.807, 2.05) is 11.8 Å². The highest BCUT2D eigenvalue weighted by atomic mass is 16.6. The number of nitro groups is 1. The van der Waals surface area contributed by atoms with Crippen molar-refractivity contribution in [2.75, 3.05) is 31.1 Å². The summed E-state index contributed by atoms with van der Waals surface area (Å²) in [5.41, 5.74) is 1.07. The molecule has 6 nitrogen and oxygen atoms in total. The molecule has 1 aromatic carbocycles. The Morgan fingerprint density at radius 3 is 2.32 bits per heavy atom. The number of benzene rings is 1. The Morgan fingerprint density at radius 1 is 1.23 bits per heavy atom. The maximum absolute atomic E-state index is 12.3. The predicted octanol–water partition coefficient (Wildman–Crippen LogP) is 2.68. The van der Waals surface area contributed by atoms with E-state index in [0.717, 1.165) is 31.6 Å². The first-order chi connectivity index (χ1) is 10.5. The van der Waals surface area contributed by atoms with Gasteiger partial charge in [-0.1, -0.05) is 20.3 Å². The van der Waals surface area contributed by atoms with Gasteiger partial charge in [0.05, 0.1) is 4.92 Å². The molecular weight excluding hydrogens is 282 g/mol. The molecule has 0 spiro atoms. The maximum atomic E-state index is 12.3. The van der Waals surface area contributed by atoms with Crippen molar-refractivity contribution >= 4 is 17.3 Å². The number of amides is 1. The summed E-state index contributed by atoms with van der Waals surface area (Å²) in [6, 6.07) is 6.59. The minimum Gasteiger partial charge on any atom is -0.368 e. The first kappa shape index (κ1) is 16.3. The summed E-state index contributed by atoms with van der Waals surface area (Å²) >= 11 is 0. The van der Waals surface area contributed by atoms with E-state index >= 15 is 0 Å². The largest absolute Gasteiger partial charge is 0.368 e. The lowest BCUT2D eigenvalue weighted by Crippen LogP contribution is -2.50. The summed E-state index contributed by atoms with van der Waals surface area (Å²) in [7, 11) is 0.